The van der Waals surface area contributed by atoms with Crippen LogP contribution in [0.5, 0.6) is 5.75 Å². The number of ether oxygens (including phenoxy) is 1. The van der Waals surface area contributed by atoms with Crippen LogP contribution in [0.2, 0.25) is 5.02 Å². The zero-order valence-electron chi connectivity index (χ0n) is 14.3. The molecule has 8 heteroatoms. The molecule has 0 spiro atoms. The highest BCUT2D eigenvalue weighted by Crippen LogP contribution is 2.32. The van der Waals surface area contributed by atoms with E-state index in [1.54, 1.807) is 35.6 Å². The molecule has 0 aliphatic carbocycles. The highest BCUT2D eigenvalue weighted by atomic mass is 35.5. The van der Waals surface area contributed by atoms with Crippen molar-refractivity contribution < 1.29 is 14.3 Å². The van der Waals surface area contributed by atoms with E-state index in [1.165, 1.54) is 10.4 Å². The van der Waals surface area contributed by atoms with Gasteiger partial charge in [-0.2, -0.15) is 0 Å². The number of nitrogens with zero attached hydrogens (tertiary/aromatic N) is 1. The third-order valence-corrected chi connectivity index (χ3v) is 5.52. The predicted octanol–water partition coefficient (Wildman–Crippen LogP) is 2.55. The normalized spacial score (nSPS) is 16.6. The topological polar surface area (TPSA) is 70.7 Å². The van der Waals surface area contributed by atoms with Crippen LogP contribution in [0, 0.1) is 0 Å². The average molecular weight is 394 g/mol. The largest absolute Gasteiger partial charge is 0.484 e. The quantitative estimate of drug-likeness (QED) is 0.766. The van der Waals surface area contributed by atoms with Crippen LogP contribution in [0.15, 0.2) is 35.7 Å². The first-order chi connectivity index (χ1) is 12.5. The lowest BCUT2D eigenvalue weighted by Crippen LogP contribution is -2.49. The molecule has 0 saturated heterocycles. The molecule has 0 radical (unpaired) electrons. The number of amides is 2. The molecule has 138 valence electrons. The molecule has 2 N–H and O–H groups in total. The van der Waals surface area contributed by atoms with Crippen LogP contribution >= 0.6 is 22.9 Å². The molecule has 0 fully saturated rings. The molecule has 6 nitrogen and oxygen atoms in total. The van der Waals surface area contributed by atoms with Gasteiger partial charge >= 0.3 is 0 Å². The van der Waals surface area contributed by atoms with E-state index in [0.717, 1.165) is 13.0 Å². The van der Waals surface area contributed by atoms with E-state index in [-0.39, 0.29) is 25.1 Å². The van der Waals surface area contributed by atoms with E-state index in [2.05, 4.69) is 34.1 Å². The fourth-order valence-corrected chi connectivity index (χ4v) is 3.95. The Bertz CT molecular complexity index is 778. The number of carbonyl (C=O) groups excluding carboxylic acids is 2. The number of hydrogen-bond acceptors (Lipinski definition) is 5. The Balaban J connectivity index is 1.40. The van der Waals surface area contributed by atoms with Crippen LogP contribution in [0.3, 0.4) is 0 Å². The molecule has 0 unspecified atom stereocenters. The fourth-order valence-electron chi connectivity index (χ4n) is 2.86. The van der Waals surface area contributed by atoms with E-state index in [9.17, 15) is 9.59 Å². The monoisotopic (exact) mass is 393 g/mol. The number of fused-ring (bicyclic) bond motifs is 1. The molecule has 1 aromatic carbocycles. The first-order valence-corrected chi connectivity index (χ1v) is 9.55. The summed E-state index contributed by atoms with van der Waals surface area (Å²) >= 11 is 7.55. The van der Waals surface area contributed by atoms with Crippen LogP contribution in [-0.2, 0) is 16.0 Å². The molecule has 2 aromatic rings. The molecule has 0 saturated carbocycles. The van der Waals surface area contributed by atoms with E-state index in [1.807, 2.05) is 0 Å². The molecule has 26 heavy (non-hydrogen) atoms. The van der Waals surface area contributed by atoms with E-state index < -0.39 is 5.91 Å². The smallest absolute Gasteiger partial charge is 0.276 e. The van der Waals surface area contributed by atoms with Gasteiger partial charge in [0, 0.05) is 22.5 Å². The molecule has 1 aliphatic heterocycles. The minimum absolute atomic E-state index is 0.194. The van der Waals surface area contributed by atoms with E-state index in [4.69, 9.17) is 16.3 Å². The predicted molar refractivity (Wildman–Crippen MR) is 101 cm³/mol. The summed E-state index contributed by atoms with van der Waals surface area (Å²) in [6, 6.07) is 9.00. The first kappa shape index (κ1) is 18.7. The van der Waals surface area contributed by atoms with Gasteiger partial charge < -0.3 is 4.74 Å². The summed E-state index contributed by atoms with van der Waals surface area (Å²) in [7, 11) is 0. The second-order valence-corrected chi connectivity index (χ2v) is 7.47. The summed E-state index contributed by atoms with van der Waals surface area (Å²) in [5.74, 6) is -0.153. The zero-order chi connectivity index (χ0) is 18.5. The van der Waals surface area contributed by atoms with Gasteiger partial charge in [0.2, 0.25) is 0 Å². The number of rotatable bonds is 5. The van der Waals surface area contributed by atoms with Crippen molar-refractivity contribution in [3.63, 3.8) is 0 Å². The van der Waals surface area contributed by atoms with Crippen molar-refractivity contribution in [3.05, 3.63) is 51.2 Å². The van der Waals surface area contributed by atoms with Crippen LogP contribution in [0.1, 0.15) is 23.4 Å². The maximum Gasteiger partial charge on any atom is 0.276 e. The van der Waals surface area contributed by atoms with Crippen molar-refractivity contribution in [2.75, 3.05) is 19.7 Å². The Kier molecular flexibility index (Phi) is 6.13. The summed E-state index contributed by atoms with van der Waals surface area (Å²) in [6.45, 7) is 2.96. The molecule has 1 atom stereocenters. The Morgan fingerprint density at radius 3 is 2.73 bits per heavy atom. The van der Waals surface area contributed by atoms with Crippen LogP contribution in [0.25, 0.3) is 0 Å². The maximum atomic E-state index is 12.1. The van der Waals surface area contributed by atoms with Gasteiger partial charge in [0.15, 0.2) is 6.61 Å². The van der Waals surface area contributed by atoms with Crippen molar-refractivity contribution >= 4 is 34.8 Å². The van der Waals surface area contributed by atoms with Gasteiger partial charge in [-0.3, -0.25) is 25.3 Å². The Morgan fingerprint density at radius 1 is 1.23 bits per heavy atom. The standard InChI is InChI=1S/C18H20ClN3O3S/c1-12-15-7-9-26-16(15)6-8-22(12)10-17(23)20-21-18(24)11-25-14-4-2-13(19)3-5-14/h2-5,7,9,12H,6,8,10-11H2,1H3,(H,20,23)(H,21,24)/t12-/m0/s1. The molecule has 2 amide bonds. The summed E-state index contributed by atoms with van der Waals surface area (Å²) in [5.41, 5.74) is 6.09. The van der Waals surface area contributed by atoms with Crippen molar-refractivity contribution in [2.45, 2.75) is 19.4 Å². The highest BCUT2D eigenvalue weighted by Gasteiger charge is 2.26. The minimum atomic E-state index is -0.430. The second-order valence-electron chi connectivity index (χ2n) is 6.03. The van der Waals surface area contributed by atoms with Crippen molar-refractivity contribution in [2.24, 2.45) is 0 Å². The molecular weight excluding hydrogens is 374 g/mol. The Labute approximate surface area is 161 Å². The number of hydrazine groups is 1. The second kappa shape index (κ2) is 8.53. The number of carbonyl (C=O) groups is 2. The number of halogens is 1. The zero-order valence-corrected chi connectivity index (χ0v) is 15.9. The first-order valence-electron chi connectivity index (χ1n) is 8.29. The average Bonchev–Trinajstić information content (AvgIpc) is 3.11. The molecule has 2 heterocycles. The fraction of sp³-hybridized carbons (Fsp3) is 0.333. The van der Waals surface area contributed by atoms with Crippen molar-refractivity contribution in [3.8, 4) is 5.75 Å². The van der Waals surface area contributed by atoms with Crippen molar-refractivity contribution in [1.29, 1.82) is 0 Å². The summed E-state index contributed by atoms with van der Waals surface area (Å²) < 4.78 is 5.32. The summed E-state index contributed by atoms with van der Waals surface area (Å²) in [4.78, 5) is 27.4. The lowest BCUT2D eigenvalue weighted by atomic mass is 10.0. The third kappa shape index (κ3) is 4.75. The van der Waals surface area contributed by atoms with Gasteiger partial charge in [-0.15, -0.1) is 11.3 Å². The Morgan fingerprint density at radius 2 is 1.96 bits per heavy atom. The summed E-state index contributed by atoms with van der Waals surface area (Å²) in [6.07, 6.45) is 0.950. The van der Waals surface area contributed by atoms with E-state index in [0.29, 0.717) is 10.8 Å². The molecule has 1 aromatic heterocycles. The minimum Gasteiger partial charge on any atom is -0.484 e. The Hall–Kier alpha value is -2.09. The van der Waals surface area contributed by atoms with Gasteiger partial charge in [-0.1, -0.05) is 11.6 Å². The van der Waals surface area contributed by atoms with Crippen molar-refractivity contribution in [1.82, 2.24) is 15.8 Å². The molecular formula is C18H20ClN3O3S. The third-order valence-electron chi connectivity index (χ3n) is 4.28. The van der Waals surface area contributed by atoms with Crippen LogP contribution < -0.4 is 15.6 Å². The lowest BCUT2D eigenvalue weighted by molar-refractivity contribution is -0.130. The SMILES string of the molecule is C[C@H]1c2ccsc2CCN1CC(=O)NNC(=O)COc1ccc(Cl)cc1. The molecule has 0 bridgehead atoms. The van der Waals surface area contributed by atoms with Gasteiger partial charge in [-0.25, -0.2) is 0 Å². The number of thiophene rings is 1. The number of benzene rings is 1. The van der Waals surface area contributed by atoms with Gasteiger partial charge in [0.1, 0.15) is 5.75 Å². The van der Waals surface area contributed by atoms with Gasteiger partial charge in [0.25, 0.3) is 11.8 Å². The number of hydrogen-bond donors (Lipinski definition) is 2. The van der Waals surface area contributed by atoms with Crippen LogP contribution in [-0.4, -0.2) is 36.4 Å². The lowest BCUT2D eigenvalue weighted by Gasteiger charge is -2.32. The van der Waals surface area contributed by atoms with Gasteiger partial charge in [-0.05, 0) is 54.6 Å². The highest BCUT2D eigenvalue weighted by molar-refractivity contribution is 7.10. The van der Waals surface area contributed by atoms with Gasteiger partial charge in [0.05, 0.1) is 6.54 Å². The molecule has 1 aliphatic rings. The summed E-state index contributed by atoms with van der Waals surface area (Å²) in [5, 5.41) is 2.68. The number of nitrogens with one attached hydrogen (secondary N) is 2. The maximum absolute atomic E-state index is 12.1. The van der Waals surface area contributed by atoms with E-state index >= 15 is 0 Å². The molecule has 3 rings (SSSR count). The van der Waals surface area contributed by atoms with Crippen LogP contribution in [0.4, 0.5) is 0 Å².